The Kier molecular flexibility index (Phi) is 10.7. The van der Waals surface area contributed by atoms with Gasteiger partial charge in [-0.05, 0) is 42.2 Å². The Labute approximate surface area is 221 Å². The maximum atomic E-state index is 12.8. The van der Waals surface area contributed by atoms with Crippen LogP contribution in [-0.2, 0) is 20.9 Å². The second-order valence-corrected chi connectivity index (χ2v) is 9.96. The summed E-state index contributed by atoms with van der Waals surface area (Å²) in [5.74, 6) is -0.526. The van der Waals surface area contributed by atoms with Gasteiger partial charge in [0.25, 0.3) is 5.91 Å². The number of amides is 2. The van der Waals surface area contributed by atoms with E-state index in [2.05, 4.69) is 0 Å². The summed E-state index contributed by atoms with van der Waals surface area (Å²) >= 11 is 6.67. The second kappa shape index (κ2) is 13.9. The number of unbranched alkanes of at least 4 members (excludes halogenated alkanes) is 2. The number of aliphatic hydroxyl groups is 1. The van der Waals surface area contributed by atoms with Crippen LogP contribution in [0, 0.1) is 0 Å². The van der Waals surface area contributed by atoms with Crippen LogP contribution in [0.25, 0.3) is 6.08 Å². The smallest absolute Gasteiger partial charge is 0.337 e. The number of thioether (sulfide) groups is 1. The molecule has 1 N–H and O–H groups in total. The number of hydrogen-bond donors (Lipinski definition) is 1. The third-order valence-corrected chi connectivity index (χ3v) is 7.09. The minimum atomic E-state index is -0.410. The summed E-state index contributed by atoms with van der Waals surface area (Å²) in [6.07, 6.45) is 4.38. The molecule has 0 radical (unpaired) electrons. The van der Waals surface area contributed by atoms with E-state index in [4.69, 9.17) is 17.0 Å². The molecular formula is C27H30N2O5S2. The summed E-state index contributed by atoms with van der Waals surface area (Å²) in [6, 6.07) is 16.5. The standard InChI is InChI=1S/C27H30N2O5S2/c1-34-26(33)22-13-11-20(12-14-22)18-23-25(32)29(27(35)36-23)15-7-3-6-10-24(31)28(16-17-30)19-21-8-4-2-5-9-21/h2,4-5,8-9,11-14,18,30H,3,6-7,10,15-17,19H2,1H3/b23-18-. The van der Waals surface area contributed by atoms with Crippen LogP contribution in [0.15, 0.2) is 59.5 Å². The highest BCUT2D eigenvalue weighted by atomic mass is 32.2. The van der Waals surface area contributed by atoms with E-state index in [1.54, 1.807) is 40.1 Å². The molecule has 1 saturated heterocycles. The topological polar surface area (TPSA) is 87.2 Å². The first-order chi connectivity index (χ1) is 17.4. The molecule has 36 heavy (non-hydrogen) atoms. The number of ether oxygens (including phenoxy) is 1. The number of carbonyl (C=O) groups excluding carboxylic acids is 3. The summed E-state index contributed by atoms with van der Waals surface area (Å²) in [6.45, 7) is 1.22. The fourth-order valence-electron chi connectivity index (χ4n) is 3.77. The Balaban J connectivity index is 1.45. The summed E-state index contributed by atoms with van der Waals surface area (Å²) < 4.78 is 5.22. The lowest BCUT2D eigenvalue weighted by atomic mass is 10.1. The number of thiocarbonyl (C=S) groups is 1. The van der Waals surface area contributed by atoms with Crippen LogP contribution in [-0.4, -0.2) is 63.8 Å². The minimum Gasteiger partial charge on any atom is -0.465 e. The van der Waals surface area contributed by atoms with E-state index in [-0.39, 0.29) is 18.4 Å². The van der Waals surface area contributed by atoms with Crippen LogP contribution in [0.2, 0.25) is 0 Å². The first-order valence-electron chi connectivity index (χ1n) is 11.8. The molecule has 2 aromatic carbocycles. The van der Waals surface area contributed by atoms with E-state index < -0.39 is 5.97 Å². The van der Waals surface area contributed by atoms with Crippen LogP contribution in [0.5, 0.6) is 0 Å². The van der Waals surface area contributed by atoms with Gasteiger partial charge in [0.15, 0.2) is 0 Å². The molecular weight excluding hydrogens is 496 g/mol. The zero-order valence-electron chi connectivity index (χ0n) is 20.2. The summed E-state index contributed by atoms with van der Waals surface area (Å²) in [5.41, 5.74) is 2.27. The normalized spacial score (nSPS) is 14.4. The van der Waals surface area contributed by atoms with Crippen molar-refractivity contribution in [1.29, 1.82) is 0 Å². The Morgan fingerprint density at radius 3 is 2.47 bits per heavy atom. The zero-order valence-corrected chi connectivity index (χ0v) is 21.9. The number of benzene rings is 2. The van der Waals surface area contributed by atoms with Crippen molar-refractivity contribution in [3.63, 3.8) is 0 Å². The van der Waals surface area contributed by atoms with Gasteiger partial charge in [-0.1, -0.05) is 72.9 Å². The van der Waals surface area contributed by atoms with Crippen LogP contribution in [0.3, 0.4) is 0 Å². The van der Waals surface area contributed by atoms with Gasteiger partial charge in [-0.3, -0.25) is 14.5 Å². The van der Waals surface area contributed by atoms with E-state index in [0.717, 1.165) is 24.0 Å². The number of rotatable bonds is 12. The van der Waals surface area contributed by atoms with Gasteiger partial charge in [0.1, 0.15) is 4.32 Å². The SMILES string of the molecule is COC(=O)c1ccc(/C=C2\SC(=S)N(CCCCCC(=O)N(CCO)Cc3ccccc3)C2=O)cc1. The first-order valence-corrected chi connectivity index (χ1v) is 13.0. The van der Waals surface area contributed by atoms with Gasteiger partial charge in [-0.25, -0.2) is 4.79 Å². The molecule has 2 amide bonds. The van der Waals surface area contributed by atoms with Crippen molar-refractivity contribution < 1.29 is 24.2 Å². The first kappa shape index (κ1) is 27.6. The summed E-state index contributed by atoms with van der Waals surface area (Å²) in [7, 11) is 1.33. The molecule has 0 bridgehead atoms. The van der Waals surface area contributed by atoms with Crippen molar-refractivity contribution in [3.8, 4) is 0 Å². The molecule has 1 aliphatic heterocycles. The molecule has 190 valence electrons. The second-order valence-electron chi connectivity index (χ2n) is 8.28. The Hall–Kier alpha value is -3.01. The Morgan fingerprint density at radius 1 is 1.08 bits per heavy atom. The molecule has 0 atom stereocenters. The zero-order chi connectivity index (χ0) is 25.9. The van der Waals surface area contributed by atoms with Crippen LogP contribution in [0.4, 0.5) is 0 Å². The lowest BCUT2D eigenvalue weighted by Crippen LogP contribution is -2.33. The number of methoxy groups -OCH3 is 1. The van der Waals surface area contributed by atoms with Crippen LogP contribution in [0.1, 0.15) is 47.2 Å². The van der Waals surface area contributed by atoms with Crippen LogP contribution < -0.4 is 0 Å². The van der Waals surface area contributed by atoms with Crippen molar-refractivity contribution in [3.05, 3.63) is 76.2 Å². The molecule has 1 heterocycles. The maximum absolute atomic E-state index is 12.8. The molecule has 1 fully saturated rings. The summed E-state index contributed by atoms with van der Waals surface area (Å²) in [4.78, 5) is 40.9. The lowest BCUT2D eigenvalue weighted by molar-refractivity contribution is -0.132. The van der Waals surface area contributed by atoms with Gasteiger partial charge in [-0.15, -0.1) is 0 Å². The molecule has 0 spiro atoms. The highest BCUT2D eigenvalue weighted by Gasteiger charge is 2.31. The number of hydrogen-bond acceptors (Lipinski definition) is 7. The van der Waals surface area contributed by atoms with Crippen molar-refractivity contribution in [2.24, 2.45) is 0 Å². The molecule has 3 rings (SSSR count). The van der Waals surface area contributed by atoms with E-state index in [1.807, 2.05) is 30.3 Å². The number of esters is 1. The Morgan fingerprint density at radius 2 is 1.81 bits per heavy atom. The fraction of sp³-hybridized carbons (Fsp3) is 0.333. The molecule has 0 aliphatic carbocycles. The highest BCUT2D eigenvalue weighted by molar-refractivity contribution is 8.26. The van der Waals surface area contributed by atoms with Gasteiger partial charge >= 0.3 is 5.97 Å². The lowest BCUT2D eigenvalue weighted by Gasteiger charge is -2.22. The van der Waals surface area contributed by atoms with Gasteiger partial charge in [-0.2, -0.15) is 0 Å². The van der Waals surface area contributed by atoms with Crippen molar-refractivity contribution in [1.82, 2.24) is 9.80 Å². The minimum absolute atomic E-state index is 0.0136. The summed E-state index contributed by atoms with van der Waals surface area (Å²) in [5, 5.41) is 9.33. The molecule has 1 aliphatic rings. The quantitative estimate of drug-likeness (QED) is 0.191. The molecule has 2 aromatic rings. The van der Waals surface area contributed by atoms with E-state index in [0.29, 0.717) is 47.3 Å². The van der Waals surface area contributed by atoms with Gasteiger partial charge in [0.05, 0.1) is 24.2 Å². The van der Waals surface area contributed by atoms with Gasteiger partial charge < -0.3 is 14.7 Å². The van der Waals surface area contributed by atoms with Crippen LogP contribution >= 0.6 is 24.0 Å². The third kappa shape index (κ3) is 7.74. The van der Waals surface area contributed by atoms with Crippen molar-refractivity contribution in [2.45, 2.75) is 32.2 Å². The molecule has 0 aromatic heterocycles. The molecule has 7 nitrogen and oxygen atoms in total. The van der Waals surface area contributed by atoms with E-state index in [1.165, 1.54) is 18.9 Å². The van der Waals surface area contributed by atoms with E-state index in [9.17, 15) is 19.5 Å². The Bertz CT molecular complexity index is 1100. The van der Waals surface area contributed by atoms with Gasteiger partial charge in [0, 0.05) is 26.1 Å². The molecule has 0 unspecified atom stereocenters. The monoisotopic (exact) mass is 526 g/mol. The number of aliphatic hydroxyl groups excluding tert-OH is 1. The van der Waals surface area contributed by atoms with E-state index >= 15 is 0 Å². The molecule has 0 saturated carbocycles. The number of nitrogens with zero attached hydrogens (tertiary/aromatic N) is 2. The van der Waals surface area contributed by atoms with Crippen molar-refractivity contribution >= 4 is 52.2 Å². The average Bonchev–Trinajstić information content (AvgIpc) is 3.15. The highest BCUT2D eigenvalue weighted by Crippen LogP contribution is 2.32. The average molecular weight is 527 g/mol. The number of carbonyl (C=O) groups is 3. The van der Waals surface area contributed by atoms with Gasteiger partial charge in [0.2, 0.25) is 5.91 Å². The third-order valence-electron chi connectivity index (χ3n) is 5.71. The fourth-order valence-corrected chi connectivity index (χ4v) is 5.08. The maximum Gasteiger partial charge on any atom is 0.337 e. The largest absolute Gasteiger partial charge is 0.465 e. The van der Waals surface area contributed by atoms with Crippen molar-refractivity contribution in [2.75, 3.05) is 26.8 Å². The predicted molar refractivity (Wildman–Crippen MR) is 145 cm³/mol. The predicted octanol–water partition coefficient (Wildman–Crippen LogP) is 4.26. The molecule has 9 heteroatoms.